The van der Waals surface area contributed by atoms with E-state index in [1.807, 2.05) is 71.3 Å². The maximum atomic E-state index is 13.0. The van der Waals surface area contributed by atoms with Crippen molar-refractivity contribution in [2.75, 3.05) is 37.7 Å². The van der Waals surface area contributed by atoms with Crippen molar-refractivity contribution in [3.8, 4) is 11.8 Å². The van der Waals surface area contributed by atoms with Crippen LogP contribution in [0.2, 0.25) is 0 Å². The first kappa shape index (κ1) is 24.1. The van der Waals surface area contributed by atoms with Gasteiger partial charge in [0.05, 0.1) is 6.61 Å². The zero-order valence-corrected chi connectivity index (χ0v) is 20.2. The molecule has 1 fully saturated rings. The largest absolute Gasteiger partial charge is 0.494 e. The summed E-state index contributed by atoms with van der Waals surface area (Å²) in [5, 5.41) is 9.56. The van der Waals surface area contributed by atoms with Gasteiger partial charge in [0.15, 0.2) is 0 Å². The quantitative estimate of drug-likeness (QED) is 0.423. The zero-order valence-electron chi connectivity index (χ0n) is 20.2. The predicted molar refractivity (Wildman–Crippen MR) is 136 cm³/mol. The van der Waals surface area contributed by atoms with Crippen molar-refractivity contribution in [2.45, 2.75) is 26.7 Å². The van der Waals surface area contributed by atoms with Crippen LogP contribution in [0.1, 0.15) is 52.8 Å². The van der Waals surface area contributed by atoms with E-state index < -0.39 is 0 Å². The number of hydrogen-bond acceptors (Lipinski definition) is 6. The van der Waals surface area contributed by atoms with Crippen molar-refractivity contribution in [1.82, 2.24) is 9.88 Å². The molecule has 2 aromatic carbocycles. The van der Waals surface area contributed by atoms with Gasteiger partial charge in [-0.05, 0) is 49.2 Å². The molecule has 1 amide bonds. The third kappa shape index (κ3) is 6.10. The molecule has 0 N–H and O–H groups in total. The first-order valence-corrected chi connectivity index (χ1v) is 12.0. The summed E-state index contributed by atoms with van der Waals surface area (Å²) in [6, 6.07) is 17.6. The van der Waals surface area contributed by atoms with Crippen LogP contribution in [0.3, 0.4) is 0 Å². The van der Waals surface area contributed by atoms with Gasteiger partial charge in [-0.25, -0.2) is 0 Å². The van der Waals surface area contributed by atoms with E-state index in [4.69, 9.17) is 9.15 Å². The minimum absolute atomic E-state index is 0.00967. The molecule has 0 saturated carbocycles. The number of rotatable bonds is 8. The number of hydrogen-bond donors (Lipinski definition) is 0. The summed E-state index contributed by atoms with van der Waals surface area (Å²) >= 11 is 0. The highest BCUT2D eigenvalue weighted by Gasteiger charge is 2.26. The molecule has 0 unspecified atom stereocenters. The van der Waals surface area contributed by atoms with Crippen LogP contribution in [0.5, 0.6) is 5.75 Å². The zero-order chi connectivity index (χ0) is 24.6. The van der Waals surface area contributed by atoms with Crippen LogP contribution in [0.15, 0.2) is 52.9 Å². The summed E-state index contributed by atoms with van der Waals surface area (Å²) in [6.07, 6.45) is 5.77. The van der Waals surface area contributed by atoms with Gasteiger partial charge in [-0.1, -0.05) is 43.2 Å². The van der Waals surface area contributed by atoms with E-state index in [9.17, 15) is 10.1 Å². The van der Waals surface area contributed by atoms with Crippen LogP contribution in [0.4, 0.5) is 5.88 Å². The molecule has 1 aromatic heterocycles. The molecule has 7 nitrogen and oxygen atoms in total. The Morgan fingerprint density at radius 3 is 2.46 bits per heavy atom. The van der Waals surface area contributed by atoms with Crippen LogP contribution < -0.4 is 9.64 Å². The van der Waals surface area contributed by atoms with E-state index in [1.54, 1.807) is 6.08 Å². The Morgan fingerprint density at radius 1 is 1.09 bits per heavy atom. The number of ether oxygens (including phenoxy) is 1. The van der Waals surface area contributed by atoms with Crippen molar-refractivity contribution in [3.63, 3.8) is 0 Å². The number of benzene rings is 2. The van der Waals surface area contributed by atoms with Crippen LogP contribution in [-0.4, -0.2) is 48.6 Å². The highest BCUT2D eigenvalue weighted by atomic mass is 16.5. The summed E-state index contributed by atoms with van der Waals surface area (Å²) in [5.74, 6) is 1.61. The molecule has 1 saturated heterocycles. The number of nitriles is 1. The van der Waals surface area contributed by atoms with Crippen molar-refractivity contribution in [3.05, 3.63) is 76.8 Å². The van der Waals surface area contributed by atoms with Crippen LogP contribution in [-0.2, 0) is 0 Å². The number of unbranched alkanes of at least 4 members (excludes halogenated alkanes) is 1. The highest BCUT2D eigenvalue weighted by Crippen LogP contribution is 2.25. The van der Waals surface area contributed by atoms with Crippen LogP contribution in [0.25, 0.3) is 12.2 Å². The topological polar surface area (TPSA) is 82.6 Å². The number of oxazole rings is 1. The average Bonchev–Trinajstić information content (AvgIpc) is 3.32. The molecule has 1 aliphatic rings. The number of amides is 1. The van der Waals surface area contributed by atoms with Gasteiger partial charge in [0.1, 0.15) is 11.8 Å². The van der Waals surface area contributed by atoms with E-state index in [0.29, 0.717) is 50.1 Å². The van der Waals surface area contributed by atoms with Gasteiger partial charge in [0, 0.05) is 37.8 Å². The lowest BCUT2D eigenvalue weighted by Crippen LogP contribution is -2.48. The van der Waals surface area contributed by atoms with Gasteiger partial charge < -0.3 is 19.0 Å². The van der Waals surface area contributed by atoms with Crippen LogP contribution >= 0.6 is 0 Å². The van der Waals surface area contributed by atoms with Gasteiger partial charge in [-0.2, -0.15) is 10.2 Å². The van der Waals surface area contributed by atoms with E-state index in [-0.39, 0.29) is 11.6 Å². The Morgan fingerprint density at radius 2 is 1.80 bits per heavy atom. The summed E-state index contributed by atoms with van der Waals surface area (Å²) < 4.78 is 11.6. The molecular weight excluding hydrogens is 440 g/mol. The molecule has 0 aliphatic carbocycles. The smallest absolute Gasteiger partial charge is 0.253 e. The fourth-order valence-electron chi connectivity index (χ4n) is 3.86. The third-order valence-corrected chi connectivity index (χ3v) is 5.95. The lowest BCUT2D eigenvalue weighted by molar-refractivity contribution is 0.0745. The number of carbonyl (C=O) groups is 1. The Hall–Kier alpha value is -4.05. The molecular formula is C28H30N4O3. The second kappa shape index (κ2) is 11.4. The Bertz CT molecular complexity index is 1200. The molecule has 7 heteroatoms. The third-order valence-electron chi connectivity index (χ3n) is 5.95. The van der Waals surface area contributed by atoms with E-state index in [0.717, 1.165) is 24.2 Å². The predicted octanol–water partition coefficient (Wildman–Crippen LogP) is 5.17. The maximum Gasteiger partial charge on any atom is 0.253 e. The monoisotopic (exact) mass is 470 g/mol. The minimum Gasteiger partial charge on any atom is -0.494 e. The molecule has 4 rings (SSSR count). The number of piperazine rings is 1. The van der Waals surface area contributed by atoms with Gasteiger partial charge in [0.25, 0.3) is 5.91 Å². The number of nitrogens with zero attached hydrogens (tertiary/aromatic N) is 4. The van der Waals surface area contributed by atoms with Crippen molar-refractivity contribution >= 4 is 23.9 Å². The first-order chi connectivity index (χ1) is 17.1. The number of carbonyl (C=O) groups excluding carboxylic acids is 1. The number of aromatic nitrogens is 1. The summed E-state index contributed by atoms with van der Waals surface area (Å²) in [6.45, 7) is 7.05. The molecule has 1 aliphatic heterocycles. The first-order valence-electron chi connectivity index (χ1n) is 12.0. The Kier molecular flexibility index (Phi) is 7.84. The van der Waals surface area contributed by atoms with E-state index in [1.165, 1.54) is 5.56 Å². The van der Waals surface area contributed by atoms with Gasteiger partial charge in [-0.15, -0.1) is 0 Å². The minimum atomic E-state index is -0.00967. The molecule has 35 heavy (non-hydrogen) atoms. The molecule has 180 valence electrons. The maximum absolute atomic E-state index is 13.0. The average molecular weight is 471 g/mol. The molecule has 3 aromatic rings. The molecule has 0 radical (unpaired) electrons. The number of aryl methyl sites for hydroxylation is 1. The highest BCUT2D eigenvalue weighted by molar-refractivity contribution is 5.94. The second-order valence-electron chi connectivity index (χ2n) is 8.57. The molecule has 0 bridgehead atoms. The van der Waals surface area contributed by atoms with E-state index in [2.05, 4.69) is 18.0 Å². The van der Waals surface area contributed by atoms with E-state index >= 15 is 0 Å². The van der Waals surface area contributed by atoms with Gasteiger partial charge >= 0.3 is 0 Å². The summed E-state index contributed by atoms with van der Waals surface area (Å²) in [7, 11) is 0. The molecule has 0 atom stereocenters. The van der Waals surface area contributed by atoms with Crippen molar-refractivity contribution in [2.24, 2.45) is 0 Å². The normalized spacial score (nSPS) is 13.7. The Labute approximate surface area is 206 Å². The van der Waals surface area contributed by atoms with Crippen molar-refractivity contribution < 1.29 is 13.9 Å². The van der Waals surface area contributed by atoms with Crippen LogP contribution in [0, 0.1) is 18.3 Å². The number of anilines is 1. The second-order valence-corrected chi connectivity index (χ2v) is 8.57. The summed E-state index contributed by atoms with van der Waals surface area (Å²) in [4.78, 5) is 21.1. The fraction of sp³-hybridized carbons (Fsp3) is 0.321. The summed E-state index contributed by atoms with van der Waals surface area (Å²) in [5.41, 5.74) is 3.12. The van der Waals surface area contributed by atoms with Gasteiger partial charge in [0.2, 0.25) is 17.5 Å². The van der Waals surface area contributed by atoms with Gasteiger partial charge in [-0.3, -0.25) is 4.79 Å². The fourth-order valence-corrected chi connectivity index (χ4v) is 3.86. The standard InChI is InChI=1S/C28H30N4O3/c1-3-4-19-34-24-12-10-23(11-13-24)27(33)31-15-17-32(18-16-31)28-25(20-29)30-26(35-28)14-9-22-7-5-21(2)6-8-22/h5-14H,3-4,15-19H2,1-2H3/b14-9+. The SMILES string of the molecule is CCCCOc1ccc(C(=O)N2CCN(c3oc(/C=C/c4ccc(C)cc4)nc3C#N)CC2)cc1. The Balaban J connectivity index is 1.36. The molecule has 0 spiro atoms. The van der Waals surface area contributed by atoms with Crippen molar-refractivity contribution in [1.29, 1.82) is 5.26 Å². The lowest BCUT2D eigenvalue weighted by Gasteiger charge is -2.34. The lowest BCUT2D eigenvalue weighted by atomic mass is 10.1. The molecule has 2 heterocycles.